The Hall–Kier alpha value is -2.74. The van der Waals surface area contributed by atoms with Gasteiger partial charge in [-0.3, -0.25) is 19.0 Å². The molecule has 3 N–H and O–H groups in total. The maximum atomic E-state index is 13.2. The van der Waals surface area contributed by atoms with Crippen LogP contribution in [-0.4, -0.2) is 28.5 Å². The fourth-order valence-corrected chi connectivity index (χ4v) is 3.66. The number of methoxy groups -OCH3 is 1. The lowest BCUT2D eigenvalue weighted by atomic mass is 9.94. The summed E-state index contributed by atoms with van der Waals surface area (Å²) in [5, 5.41) is 3.31. The zero-order valence-corrected chi connectivity index (χ0v) is 15.7. The van der Waals surface area contributed by atoms with Crippen molar-refractivity contribution in [3.05, 3.63) is 40.4 Å². The van der Waals surface area contributed by atoms with Gasteiger partial charge in [-0.1, -0.05) is 26.0 Å². The zero-order valence-electron chi connectivity index (χ0n) is 15.7. The molecule has 2 atom stereocenters. The topological polar surface area (TPSA) is 116 Å². The lowest BCUT2D eigenvalue weighted by Gasteiger charge is -2.41. The summed E-state index contributed by atoms with van der Waals surface area (Å²) in [6.45, 7) is 3.99. The second-order valence-electron chi connectivity index (χ2n) is 7.27. The molecule has 3 rings (SSSR count). The van der Waals surface area contributed by atoms with E-state index in [1.165, 1.54) is 11.7 Å². The zero-order chi connectivity index (χ0) is 19.8. The van der Waals surface area contributed by atoms with E-state index in [4.69, 9.17) is 10.5 Å². The predicted octanol–water partition coefficient (Wildman–Crippen LogP) is 1.18. The number of nitrogens with one attached hydrogen (secondary N) is 1. The van der Waals surface area contributed by atoms with Gasteiger partial charge in [0.05, 0.1) is 10.9 Å². The highest BCUT2D eigenvalue weighted by Gasteiger charge is 2.46. The summed E-state index contributed by atoms with van der Waals surface area (Å²) >= 11 is 0. The fraction of sp³-hybridized carbons (Fsp3) is 0.474. The molecule has 27 heavy (non-hydrogen) atoms. The van der Waals surface area contributed by atoms with E-state index in [0.717, 1.165) is 0 Å². The molecule has 0 spiro atoms. The molecule has 8 nitrogen and oxygen atoms in total. The number of amides is 2. The molecule has 0 aliphatic carbocycles. The van der Waals surface area contributed by atoms with Crippen molar-refractivity contribution in [1.29, 1.82) is 0 Å². The fourth-order valence-electron chi connectivity index (χ4n) is 3.66. The van der Waals surface area contributed by atoms with Crippen molar-refractivity contribution in [3.63, 3.8) is 0 Å². The minimum absolute atomic E-state index is 0.0129. The summed E-state index contributed by atoms with van der Waals surface area (Å²) in [6, 6.07) is 6.11. The Kier molecular flexibility index (Phi) is 5.01. The van der Waals surface area contributed by atoms with Crippen LogP contribution in [-0.2, 0) is 20.1 Å². The van der Waals surface area contributed by atoms with E-state index in [0.29, 0.717) is 23.1 Å². The van der Waals surface area contributed by atoms with Crippen LogP contribution in [0.15, 0.2) is 29.1 Å². The van der Waals surface area contributed by atoms with Gasteiger partial charge in [0.15, 0.2) is 11.5 Å². The molecule has 8 heteroatoms. The van der Waals surface area contributed by atoms with Gasteiger partial charge in [-0.05, 0) is 24.5 Å². The third-order valence-corrected chi connectivity index (χ3v) is 4.82. The molecular weight excluding hydrogens is 348 g/mol. The molecule has 2 aromatic rings. The van der Waals surface area contributed by atoms with Gasteiger partial charge >= 0.3 is 0 Å². The highest BCUT2D eigenvalue weighted by molar-refractivity contribution is 5.85. The molecule has 0 unspecified atom stereocenters. The number of nitrogens with two attached hydrogens (primary N) is 1. The summed E-state index contributed by atoms with van der Waals surface area (Å²) in [6.07, 6.45) is 0.555. The predicted molar refractivity (Wildman–Crippen MR) is 99.8 cm³/mol. The molecule has 1 aromatic carbocycles. The maximum absolute atomic E-state index is 13.2. The Balaban J connectivity index is 2.29. The minimum atomic E-state index is -1.21. The lowest BCUT2D eigenvalue weighted by molar-refractivity contribution is -0.145. The number of fused-ring (bicyclic) bond motifs is 2. The van der Waals surface area contributed by atoms with Crippen LogP contribution in [0.25, 0.3) is 10.9 Å². The lowest BCUT2D eigenvalue weighted by Crippen LogP contribution is -2.59. The number of nitrogens with zero attached hydrogens (tertiary/aromatic N) is 2. The van der Waals surface area contributed by atoms with Crippen molar-refractivity contribution in [2.45, 2.75) is 44.9 Å². The molecule has 0 bridgehead atoms. The van der Waals surface area contributed by atoms with Crippen LogP contribution >= 0.6 is 0 Å². The van der Waals surface area contributed by atoms with E-state index in [-0.39, 0.29) is 30.2 Å². The van der Waals surface area contributed by atoms with Crippen LogP contribution < -0.4 is 16.6 Å². The number of hydrogen-bond acceptors (Lipinski definition) is 5. The van der Waals surface area contributed by atoms with E-state index in [2.05, 4.69) is 10.3 Å². The number of carbonyl (C=O) groups is 2. The van der Waals surface area contributed by atoms with Crippen molar-refractivity contribution in [1.82, 2.24) is 14.9 Å². The highest BCUT2D eigenvalue weighted by atomic mass is 16.5. The van der Waals surface area contributed by atoms with Crippen molar-refractivity contribution < 1.29 is 14.3 Å². The number of primary amides is 1. The van der Waals surface area contributed by atoms with Crippen LogP contribution in [0.2, 0.25) is 0 Å². The van der Waals surface area contributed by atoms with Crippen LogP contribution in [0.3, 0.4) is 0 Å². The molecule has 1 aromatic heterocycles. The van der Waals surface area contributed by atoms with E-state index in [1.807, 2.05) is 13.8 Å². The first-order valence-corrected chi connectivity index (χ1v) is 8.96. The van der Waals surface area contributed by atoms with E-state index in [1.54, 1.807) is 24.3 Å². The third kappa shape index (κ3) is 3.32. The van der Waals surface area contributed by atoms with Gasteiger partial charge in [-0.2, -0.15) is 0 Å². The SMILES string of the molecule is CO[C@@]1(CC(C)C)NC(=O)[C@H](CCC(N)=O)n2c1nc1ccccc1c2=O. The summed E-state index contributed by atoms with van der Waals surface area (Å²) in [7, 11) is 1.48. The Morgan fingerprint density at radius 1 is 1.37 bits per heavy atom. The normalized spacial score (nSPS) is 21.9. The first-order valence-electron chi connectivity index (χ1n) is 8.96. The molecule has 1 aliphatic heterocycles. The second-order valence-corrected chi connectivity index (χ2v) is 7.27. The number of carbonyl (C=O) groups excluding carboxylic acids is 2. The van der Waals surface area contributed by atoms with Gasteiger partial charge in [0.2, 0.25) is 11.8 Å². The van der Waals surface area contributed by atoms with Crippen LogP contribution in [0, 0.1) is 5.92 Å². The molecule has 2 heterocycles. The molecule has 0 saturated heterocycles. The molecule has 0 fully saturated rings. The van der Waals surface area contributed by atoms with Crippen molar-refractivity contribution in [2.24, 2.45) is 11.7 Å². The number of benzene rings is 1. The third-order valence-electron chi connectivity index (χ3n) is 4.82. The van der Waals surface area contributed by atoms with E-state index >= 15 is 0 Å². The van der Waals surface area contributed by atoms with Gasteiger partial charge in [-0.15, -0.1) is 0 Å². The quantitative estimate of drug-likeness (QED) is 0.790. The van der Waals surface area contributed by atoms with Crippen LogP contribution in [0.1, 0.15) is 45.0 Å². The Morgan fingerprint density at radius 2 is 2.07 bits per heavy atom. The monoisotopic (exact) mass is 372 g/mol. The second kappa shape index (κ2) is 7.11. The highest BCUT2D eigenvalue weighted by Crippen LogP contribution is 2.35. The van der Waals surface area contributed by atoms with Gasteiger partial charge in [0.25, 0.3) is 5.56 Å². The number of para-hydroxylation sites is 1. The number of rotatable bonds is 6. The number of aromatic nitrogens is 2. The summed E-state index contributed by atoms with van der Waals surface area (Å²) in [5.74, 6) is -0.400. The van der Waals surface area contributed by atoms with Gasteiger partial charge in [0, 0.05) is 20.0 Å². The average molecular weight is 372 g/mol. The number of ether oxygens (including phenoxy) is 1. The minimum Gasteiger partial charge on any atom is -0.370 e. The average Bonchev–Trinajstić information content (AvgIpc) is 2.61. The summed E-state index contributed by atoms with van der Waals surface area (Å²) in [4.78, 5) is 42.0. The van der Waals surface area contributed by atoms with E-state index in [9.17, 15) is 14.4 Å². The Morgan fingerprint density at radius 3 is 2.70 bits per heavy atom. The van der Waals surface area contributed by atoms with Gasteiger partial charge in [0.1, 0.15) is 6.04 Å². The standard InChI is InChI=1S/C19H24N4O4/c1-11(2)10-19(27-3)18-21-13-7-5-4-6-12(13)17(26)23(18)14(16(25)22-19)8-9-15(20)24/h4-7,11,14H,8-10H2,1-3H3,(H2,20,24)(H,22,25)/t14-,19+/m0/s1. The largest absolute Gasteiger partial charge is 0.370 e. The molecule has 1 aliphatic rings. The number of hydrogen-bond donors (Lipinski definition) is 2. The smallest absolute Gasteiger partial charge is 0.262 e. The molecule has 2 amide bonds. The van der Waals surface area contributed by atoms with Crippen LogP contribution in [0.4, 0.5) is 0 Å². The molecular formula is C19H24N4O4. The first kappa shape index (κ1) is 19.0. The maximum Gasteiger partial charge on any atom is 0.262 e. The van der Waals surface area contributed by atoms with Crippen LogP contribution in [0.5, 0.6) is 0 Å². The summed E-state index contributed by atoms with van der Waals surface area (Å²) < 4.78 is 7.09. The van der Waals surface area contributed by atoms with Gasteiger partial charge in [-0.25, -0.2) is 4.98 Å². The van der Waals surface area contributed by atoms with E-state index < -0.39 is 17.7 Å². The van der Waals surface area contributed by atoms with Crippen molar-refractivity contribution in [2.75, 3.05) is 7.11 Å². The molecule has 144 valence electrons. The molecule has 0 radical (unpaired) electrons. The van der Waals surface area contributed by atoms with Gasteiger partial charge < -0.3 is 15.8 Å². The first-order chi connectivity index (χ1) is 12.8. The van der Waals surface area contributed by atoms with Crippen molar-refractivity contribution >= 4 is 22.7 Å². The summed E-state index contributed by atoms with van der Waals surface area (Å²) in [5.41, 5.74) is 4.24. The Labute approximate surface area is 156 Å². The van der Waals surface area contributed by atoms with Crippen molar-refractivity contribution in [3.8, 4) is 0 Å². The Bertz CT molecular complexity index is 952. The molecule has 0 saturated carbocycles.